The summed E-state index contributed by atoms with van der Waals surface area (Å²) in [7, 11) is 0. The molecule has 0 unspecified atom stereocenters. The zero-order chi connectivity index (χ0) is 38.9. The first-order valence-corrected chi connectivity index (χ1v) is 20.0. The fourth-order valence-electron chi connectivity index (χ4n) is 9.02. The Hall–Kier alpha value is -7.95. The molecule has 0 aliphatic rings. The molecule has 9 aromatic carbocycles. The molecule has 0 saturated carbocycles. The third-order valence-corrected chi connectivity index (χ3v) is 11.7. The average Bonchev–Trinajstić information content (AvgIpc) is 4.00. The molecule has 4 heteroatoms. The summed E-state index contributed by atoms with van der Waals surface area (Å²) in [5.41, 5.74) is 15.8. The molecule has 0 amide bonds. The van der Waals surface area contributed by atoms with Crippen LogP contribution < -0.4 is 0 Å². The Morgan fingerprint density at radius 3 is 1.22 bits per heavy atom. The SMILES string of the molecule is c1ccc(-c2ccc(-c3cc(-c4ccccc4)c4nc(-c5cc(-n6c7ccccc7c7ccccc76)cc(-n6c7ccccc7c7ccccc76)c5)oc4c3)cc2)cc1. The fourth-order valence-corrected chi connectivity index (χ4v) is 9.02. The summed E-state index contributed by atoms with van der Waals surface area (Å²) in [5.74, 6) is 0.568. The van der Waals surface area contributed by atoms with Crippen molar-refractivity contribution in [3.05, 3.63) is 212 Å². The molecule has 3 heterocycles. The first-order valence-electron chi connectivity index (χ1n) is 20.0. The number of rotatable bonds is 6. The van der Waals surface area contributed by atoms with Crippen LogP contribution in [0.25, 0.3) is 111 Å². The zero-order valence-electron chi connectivity index (χ0n) is 32.0. The van der Waals surface area contributed by atoms with Crippen molar-refractivity contribution in [2.45, 2.75) is 0 Å². The van der Waals surface area contributed by atoms with Gasteiger partial charge < -0.3 is 13.6 Å². The topological polar surface area (TPSA) is 35.9 Å². The van der Waals surface area contributed by atoms with Crippen molar-refractivity contribution in [1.29, 1.82) is 0 Å². The van der Waals surface area contributed by atoms with Gasteiger partial charge in [0.2, 0.25) is 5.89 Å². The highest BCUT2D eigenvalue weighted by Crippen LogP contribution is 2.40. The standard InChI is InChI=1S/C55H35N3O/c1-3-15-36(16-4-1)37-27-29-38(30-28-37)40-33-48(39-17-5-2-6-18-39)54-53(34-40)59-55(56-54)41-31-42(57-49-23-11-7-19-44(49)45-20-8-12-24-50(45)57)35-43(32-41)58-51-25-13-9-21-46(51)47-22-10-14-26-52(47)58/h1-35H. The summed E-state index contributed by atoms with van der Waals surface area (Å²) in [4.78, 5) is 5.36. The van der Waals surface area contributed by atoms with E-state index in [2.05, 4.69) is 221 Å². The van der Waals surface area contributed by atoms with E-state index in [1.165, 1.54) is 32.7 Å². The van der Waals surface area contributed by atoms with E-state index < -0.39 is 0 Å². The van der Waals surface area contributed by atoms with Gasteiger partial charge >= 0.3 is 0 Å². The molecule has 4 nitrogen and oxygen atoms in total. The van der Waals surface area contributed by atoms with Crippen LogP contribution in [0.15, 0.2) is 217 Å². The van der Waals surface area contributed by atoms with Gasteiger partial charge in [0.15, 0.2) is 5.58 Å². The van der Waals surface area contributed by atoms with Crippen molar-refractivity contribution in [3.63, 3.8) is 0 Å². The largest absolute Gasteiger partial charge is 0.436 e. The number of fused-ring (bicyclic) bond motifs is 7. The Morgan fingerprint density at radius 1 is 0.322 bits per heavy atom. The quantitative estimate of drug-likeness (QED) is 0.169. The van der Waals surface area contributed by atoms with Gasteiger partial charge in [-0.3, -0.25) is 0 Å². The molecule has 0 N–H and O–H groups in total. The smallest absolute Gasteiger partial charge is 0.227 e. The number of aromatic nitrogens is 3. The van der Waals surface area contributed by atoms with E-state index in [0.29, 0.717) is 5.89 Å². The lowest BCUT2D eigenvalue weighted by atomic mass is 9.96. The Balaban J connectivity index is 1.10. The van der Waals surface area contributed by atoms with Gasteiger partial charge in [0, 0.05) is 44.0 Å². The van der Waals surface area contributed by atoms with Crippen LogP contribution in [-0.4, -0.2) is 14.1 Å². The summed E-state index contributed by atoms with van der Waals surface area (Å²) < 4.78 is 11.7. The van der Waals surface area contributed by atoms with Gasteiger partial charge in [0.25, 0.3) is 0 Å². The van der Waals surface area contributed by atoms with Crippen molar-refractivity contribution in [1.82, 2.24) is 14.1 Å². The van der Waals surface area contributed by atoms with Crippen molar-refractivity contribution in [2.24, 2.45) is 0 Å². The number of hydrogen-bond donors (Lipinski definition) is 0. The third-order valence-electron chi connectivity index (χ3n) is 11.7. The molecule has 0 fully saturated rings. The summed E-state index contributed by atoms with van der Waals surface area (Å²) in [6.07, 6.45) is 0. The molecule has 0 bridgehead atoms. The molecule has 0 aliphatic heterocycles. The first-order chi connectivity index (χ1) is 29.2. The van der Waals surface area contributed by atoms with Crippen LogP contribution in [-0.2, 0) is 0 Å². The average molecular weight is 754 g/mol. The van der Waals surface area contributed by atoms with Crippen LogP contribution in [0, 0.1) is 0 Å². The highest BCUT2D eigenvalue weighted by molar-refractivity contribution is 6.11. The molecule has 0 spiro atoms. The molecule has 0 atom stereocenters. The van der Waals surface area contributed by atoms with E-state index in [-0.39, 0.29) is 0 Å². The predicted molar refractivity (Wildman–Crippen MR) is 244 cm³/mol. The van der Waals surface area contributed by atoms with Crippen LogP contribution in [0.3, 0.4) is 0 Å². The van der Waals surface area contributed by atoms with Crippen LogP contribution in [0.4, 0.5) is 0 Å². The minimum Gasteiger partial charge on any atom is -0.436 e. The Morgan fingerprint density at radius 2 is 0.729 bits per heavy atom. The molecular formula is C55H35N3O. The van der Waals surface area contributed by atoms with E-state index >= 15 is 0 Å². The van der Waals surface area contributed by atoms with Gasteiger partial charge in [0.1, 0.15) is 5.52 Å². The van der Waals surface area contributed by atoms with E-state index in [4.69, 9.17) is 9.40 Å². The van der Waals surface area contributed by atoms with E-state index in [9.17, 15) is 0 Å². The maximum Gasteiger partial charge on any atom is 0.227 e. The third kappa shape index (κ3) is 5.42. The van der Waals surface area contributed by atoms with Crippen LogP contribution >= 0.6 is 0 Å². The molecular weight excluding hydrogens is 719 g/mol. The van der Waals surface area contributed by atoms with Gasteiger partial charge in [-0.25, -0.2) is 4.98 Å². The lowest BCUT2D eigenvalue weighted by Crippen LogP contribution is -2.00. The highest BCUT2D eigenvalue weighted by atomic mass is 16.3. The molecule has 12 rings (SSSR count). The van der Waals surface area contributed by atoms with E-state index in [1.54, 1.807) is 0 Å². The van der Waals surface area contributed by atoms with Crippen molar-refractivity contribution in [3.8, 4) is 56.2 Å². The lowest BCUT2D eigenvalue weighted by molar-refractivity contribution is 0.620. The highest BCUT2D eigenvalue weighted by Gasteiger charge is 2.21. The van der Waals surface area contributed by atoms with Crippen molar-refractivity contribution in [2.75, 3.05) is 0 Å². The van der Waals surface area contributed by atoms with Crippen LogP contribution in [0.1, 0.15) is 0 Å². The van der Waals surface area contributed by atoms with Crippen LogP contribution in [0.2, 0.25) is 0 Å². The lowest BCUT2D eigenvalue weighted by Gasteiger charge is -2.14. The maximum absolute atomic E-state index is 6.94. The summed E-state index contributed by atoms with van der Waals surface area (Å²) >= 11 is 0. The normalized spacial score (nSPS) is 11.7. The summed E-state index contributed by atoms with van der Waals surface area (Å²) in [5, 5.41) is 4.85. The molecule has 0 saturated heterocycles. The molecule has 12 aromatic rings. The second-order valence-electron chi connectivity index (χ2n) is 15.2. The number of nitrogens with zero attached hydrogens (tertiary/aromatic N) is 3. The maximum atomic E-state index is 6.94. The predicted octanol–water partition coefficient (Wildman–Crippen LogP) is 14.7. The fraction of sp³-hybridized carbons (Fsp3) is 0. The van der Waals surface area contributed by atoms with Gasteiger partial charge in [-0.1, -0.05) is 158 Å². The zero-order valence-corrected chi connectivity index (χ0v) is 32.0. The van der Waals surface area contributed by atoms with Gasteiger partial charge in [0.05, 0.1) is 22.1 Å². The number of benzene rings is 9. The number of para-hydroxylation sites is 4. The van der Waals surface area contributed by atoms with Gasteiger partial charge in [-0.05, 0) is 82.4 Å². The number of oxazole rings is 1. The van der Waals surface area contributed by atoms with Gasteiger partial charge in [-0.2, -0.15) is 0 Å². The molecule has 3 aromatic heterocycles. The minimum atomic E-state index is 0.568. The van der Waals surface area contributed by atoms with Crippen LogP contribution in [0.5, 0.6) is 0 Å². The minimum absolute atomic E-state index is 0.568. The first kappa shape index (κ1) is 33.2. The molecule has 59 heavy (non-hydrogen) atoms. The Labute approximate surface area is 340 Å². The van der Waals surface area contributed by atoms with Crippen molar-refractivity contribution >= 4 is 54.7 Å². The summed E-state index contributed by atoms with van der Waals surface area (Å²) in [6.45, 7) is 0. The Bertz CT molecular complexity index is 3300. The van der Waals surface area contributed by atoms with Crippen molar-refractivity contribution < 1.29 is 4.42 Å². The second kappa shape index (κ2) is 13.3. The van der Waals surface area contributed by atoms with Gasteiger partial charge in [-0.15, -0.1) is 0 Å². The Kier molecular flexibility index (Phi) is 7.50. The van der Waals surface area contributed by atoms with E-state index in [1.807, 2.05) is 0 Å². The second-order valence-corrected chi connectivity index (χ2v) is 15.2. The molecule has 0 radical (unpaired) electrons. The monoisotopic (exact) mass is 753 g/mol. The van der Waals surface area contributed by atoms with E-state index in [0.717, 1.165) is 72.4 Å². The molecule has 0 aliphatic carbocycles. The summed E-state index contributed by atoms with van der Waals surface area (Å²) in [6, 6.07) is 75.6. The number of hydrogen-bond acceptors (Lipinski definition) is 2. The molecule has 276 valence electrons.